The molecular weight excluding hydrogens is 410 g/mol. The van der Waals surface area contributed by atoms with E-state index in [-0.39, 0.29) is 23.8 Å². The lowest BCUT2D eigenvalue weighted by Crippen LogP contribution is -2.28. The van der Waals surface area contributed by atoms with Gasteiger partial charge < -0.3 is 14.5 Å². The van der Waals surface area contributed by atoms with E-state index in [9.17, 15) is 4.79 Å². The Morgan fingerprint density at radius 1 is 0.939 bits per heavy atom. The monoisotopic (exact) mass is 447 g/mol. The van der Waals surface area contributed by atoms with Crippen molar-refractivity contribution in [2.75, 3.05) is 6.54 Å². The molecule has 0 fully saturated rings. The fourth-order valence-electron chi connectivity index (χ4n) is 4.19. The van der Waals surface area contributed by atoms with E-state index in [4.69, 9.17) is 9.15 Å². The molecule has 1 aromatic heterocycles. The van der Waals surface area contributed by atoms with E-state index in [1.807, 2.05) is 38.1 Å². The van der Waals surface area contributed by atoms with Crippen LogP contribution >= 0.6 is 0 Å². The van der Waals surface area contributed by atoms with Crippen LogP contribution in [0.15, 0.2) is 71.3 Å². The van der Waals surface area contributed by atoms with Crippen molar-refractivity contribution in [2.24, 2.45) is 5.92 Å². The molecule has 176 valence electrons. The van der Waals surface area contributed by atoms with Crippen LogP contribution in [0.4, 0.5) is 0 Å². The SMILES string of the molecule is Cc1ccc([C@H](CCNC(=O)C[C@H](c2ccc(OC(C)C)cc2)C(C)C)c2ccco2)cc1. The van der Waals surface area contributed by atoms with Crippen LogP contribution in [0.1, 0.15) is 74.8 Å². The molecule has 3 aromatic rings. The van der Waals surface area contributed by atoms with Gasteiger partial charge in [-0.15, -0.1) is 0 Å². The van der Waals surface area contributed by atoms with Crippen LogP contribution in [0.2, 0.25) is 0 Å². The topological polar surface area (TPSA) is 51.5 Å². The molecule has 0 bridgehead atoms. The zero-order valence-corrected chi connectivity index (χ0v) is 20.5. The molecule has 0 unspecified atom stereocenters. The molecule has 0 aliphatic heterocycles. The first kappa shape index (κ1) is 24.6. The van der Waals surface area contributed by atoms with Crippen LogP contribution in [0, 0.1) is 12.8 Å². The Balaban J connectivity index is 1.59. The van der Waals surface area contributed by atoms with E-state index in [0.29, 0.717) is 18.9 Å². The lowest BCUT2D eigenvalue weighted by molar-refractivity contribution is -0.121. The van der Waals surface area contributed by atoms with Gasteiger partial charge in [-0.1, -0.05) is 55.8 Å². The van der Waals surface area contributed by atoms with E-state index in [1.54, 1.807) is 6.26 Å². The number of hydrogen-bond acceptors (Lipinski definition) is 3. The van der Waals surface area contributed by atoms with Crippen molar-refractivity contribution in [1.29, 1.82) is 0 Å². The molecule has 2 aromatic carbocycles. The van der Waals surface area contributed by atoms with E-state index < -0.39 is 0 Å². The van der Waals surface area contributed by atoms with Gasteiger partial charge in [0.2, 0.25) is 5.91 Å². The van der Waals surface area contributed by atoms with Gasteiger partial charge in [-0.2, -0.15) is 0 Å². The second-order valence-corrected chi connectivity index (χ2v) is 9.41. The van der Waals surface area contributed by atoms with Crippen molar-refractivity contribution >= 4 is 5.91 Å². The van der Waals surface area contributed by atoms with Gasteiger partial charge in [-0.3, -0.25) is 4.79 Å². The summed E-state index contributed by atoms with van der Waals surface area (Å²) in [6.07, 6.45) is 3.11. The maximum Gasteiger partial charge on any atom is 0.220 e. The van der Waals surface area contributed by atoms with Gasteiger partial charge in [0.1, 0.15) is 11.5 Å². The highest BCUT2D eigenvalue weighted by molar-refractivity contribution is 5.76. The Bertz CT molecular complexity index is 973. The lowest BCUT2D eigenvalue weighted by atomic mass is 9.85. The molecule has 33 heavy (non-hydrogen) atoms. The third-order valence-electron chi connectivity index (χ3n) is 6.01. The molecule has 1 amide bonds. The maximum absolute atomic E-state index is 12.8. The minimum absolute atomic E-state index is 0.0818. The Morgan fingerprint density at radius 3 is 2.18 bits per heavy atom. The molecule has 1 heterocycles. The van der Waals surface area contributed by atoms with Gasteiger partial charge in [-0.05, 0) is 74.4 Å². The maximum atomic E-state index is 12.8. The number of ether oxygens (including phenoxy) is 1. The molecule has 3 rings (SSSR count). The predicted molar refractivity (Wildman–Crippen MR) is 134 cm³/mol. The second kappa shape index (κ2) is 11.7. The summed E-state index contributed by atoms with van der Waals surface area (Å²) in [5, 5.41) is 3.14. The van der Waals surface area contributed by atoms with Crippen molar-refractivity contribution in [3.05, 3.63) is 89.4 Å². The quantitative estimate of drug-likeness (QED) is 0.350. The normalized spacial score (nSPS) is 13.2. The molecule has 0 saturated carbocycles. The van der Waals surface area contributed by atoms with Gasteiger partial charge in [0.05, 0.1) is 12.4 Å². The number of amides is 1. The minimum Gasteiger partial charge on any atom is -0.491 e. The summed E-state index contributed by atoms with van der Waals surface area (Å²) in [6, 6.07) is 20.6. The molecule has 0 aliphatic rings. The second-order valence-electron chi connectivity index (χ2n) is 9.41. The third-order valence-corrected chi connectivity index (χ3v) is 6.01. The molecule has 2 atom stereocenters. The number of nitrogens with one attached hydrogen (secondary N) is 1. The summed E-state index contributed by atoms with van der Waals surface area (Å²) >= 11 is 0. The highest BCUT2D eigenvalue weighted by Crippen LogP contribution is 2.30. The molecule has 0 spiro atoms. The van der Waals surface area contributed by atoms with Gasteiger partial charge in [-0.25, -0.2) is 0 Å². The summed E-state index contributed by atoms with van der Waals surface area (Å²) in [5.74, 6) is 2.51. The minimum atomic E-state index is 0.0818. The largest absolute Gasteiger partial charge is 0.491 e. The van der Waals surface area contributed by atoms with E-state index >= 15 is 0 Å². The summed E-state index contributed by atoms with van der Waals surface area (Å²) in [7, 11) is 0. The molecule has 4 heteroatoms. The first-order valence-electron chi connectivity index (χ1n) is 12.0. The van der Waals surface area contributed by atoms with Gasteiger partial charge in [0, 0.05) is 18.9 Å². The first-order valence-corrected chi connectivity index (χ1v) is 12.0. The van der Waals surface area contributed by atoms with Crippen molar-refractivity contribution in [1.82, 2.24) is 5.32 Å². The number of benzene rings is 2. The molecule has 1 N–H and O–H groups in total. The van der Waals surface area contributed by atoms with Crippen LogP contribution < -0.4 is 10.1 Å². The van der Waals surface area contributed by atoms with Crippen molar-refractivity contribution in [3.8, 4) is 5.75 Å². The first-order chi connectivity index (χ1) is 15.8. The highest BCUT2D eigenvalue weighted by atomic mass is 16.5. The van der Waals surface area contributed by atoms with Crippen molar-refractivity contribution < 1.29 is 13.9 Å². The van der Waals surface area contributed by atoms with Crippen molar-refractivity contribution in [2.45, 2.75) is 65.4 Å². The third kappa shape index (κ3) is 7.24. The fraction of sp³-hybridized carbons (Fsp3) is 0.414. The summed E-state index contributed by atoms with van der Waals surface area (Å²) in [6.45, 7) is 11.1. The van der Waals surface area contributed by atoms with Crippen LogP contribution in [0.3, 0.4) is 0 Å². The Morgan fingerprint density at radius 2 is 1.61 bits per heavy atom. The number of hydrogen-bond donors (Lipinski definition) is 1. The van der Waals surface area contributed by atoms with E-state index in [0.717, 1.165) is 17.9 Å². The standard InChI is InChI=1S/C29H37NO3/c1-20(2)27(24-12-14-25(15-13-24)33-21(3)4)19-29(31)30-17-16-26(28-7-6-18-32-28)23-10-8-22(5)9-11-23/h6-15,18,20-21,26-27H,16-17,19H2,1-5H3,(H,30,31)/t26-,27-/m0/s1. The molecule has 0 saturated heterocycles. The van der Waals surface area contributed by atoms with Gasteiger partial charge in [0.15, 0.2) is 0 Å². The number of rotatable bonds is 11. The van der Waals surface area contributed by atoms with E-state index in [1.165, 1.54) is 16.7 Å². The molecule has 4 nitrogen and oxygen atoms in total. The molecular formula is C29H37NO3. The van der Waals surface area contributed by atoms with Crippen LogP contribution in [-0.2, 0) is 4.79 Å². The van der Waals surface area contributed by atoms with Crippen LogP contribution in [0.5, 0.6) is 5.75 Å². The predicted octanol–water partition coefficient (Wildman–Crippen LogP) is 6.84. The van der Waals surface area contributed by atoms with Crippen molar-refractivity contribution in [3.63, 3.8) is 0 Å². The summed E-state index contributed by atoms with van der Waals surface area (Å²) < 4.78 is 11.5. The average molecular weight is 448 g/mol. The Kier molecular flexibility index (Phi) is 8.76. The van der Waals surface area contributed by atoms with Gasteiger partial charge >= 0.3 is 0 Å². The number of furan rings is 1. The molecule has 0 aliphatic carbocycles. The highest BCUT2D eigenvalue weighted by Gasteiger charge is 2.21. The number of carbonyl (C=O) groups is 1. The Hall–Kier alpha value is -3.01. The molecule has 0 radical (unpaired) electrons. The van der Waals surface area contributed by atoms with Crippen LogP contribution in [0.25, 0.3) is 0 Å². The zero-order valence-electron chi connectivity index (χ0n) is 20.5. The summed E-state index contributed by atoms with van der Waals surface area (Å²) in [4.78, 5) is 12.8. The number of carbonyl (C=O) groups excluding carboxylic acids is 1. The Labute approximate surface area is 198 Å². The fourth-order valence-corrected chi connectivity index (χ4v) is 4.19. The summed E-state index contributed by atoms with van der Waals surface area (Å²) in [5.41, 5.74) is 3.60. The zero-order chi connectivity index (χ0) is 23.8. The lowest BCUT2D eigenvalue weighted by Gasteiger charge is -2.22. The van der Waals surface area contributed by atoms with E-state index in [2.05, 4.69) is 62.5 Å². The average Bonchev–Trinajstić information content (AvgIpc) is 3.30. The van der Waals surface area contributed by atoms with Gasteiger partial charge in [0.25, 0.3) is 0 Å². The van der Waals surface area contributed by atoms with Crippen LogP contribution in [-0.4, -0.2) is 18.6 Å². The smallest absolute Gasteiger partial charge is 0.220 e. The number of aryl methyl sites for hydroxylation is 1.